The molecule has 1 saturated heterocycles. The molecule has 31 heavy (non-hydrogen) atoms. The molecule has 5 rings (SSSR count). The largest absolute Gasteiger partial charge is 0.383 e. The molecule has 1 fully saturated rings. The van der Waals surface area contributed by atoms with Crippen LogP contribution in [-0.4, -0.2) is 56.1 Å². The Morgan fingerprint density at radius 2 is 1.87 bits per heavy atom. The van der Waals surface area contributed by atoms with Gasteiger partial charge in [0.05, 0.1) is 16.6 Å². The van der Waals surface area contributed by atoms with Crippen LogP contribution < -0.4 is 10.2 Å². The van der Waals surface area contributed by atoms with E-state index in [2.05, 4.69) is 29.2 Å². The Bertz CT molecular complexity index is 1140. The summed E-state index contributed by atoms with van der Waals surface area (Å²) in [6.45, 7) is 8.71. The van der Waals surface area contributed by atoms with Gasteiger partial charge in [0, 0.05) is 57.1 Å². The van der Waals surface area contributed by atoms with E-state index in [4.69, 9.17) is 4.52 Å². The third kappa shape index (κ3) is 3.39. The van der Waals surface area contributed by atoms with Crippen LogP contribution in [0.15, 0.2) is 34.9 Å². The molecule has 1 aromatic heterocycles. The van der Waals surface area contributed by atoms with E-state index >= 15 is 0 Å². The van der Waals surface area contributed by atoms with Crippen molar-refractivity contribution < 1.29 is 9.32 Å². The maximum absolute atomic E-state index is 13.5. The lowest BCUT2D eigenvalue weighted by molar-refractivity contribution is 0.104. The van der Waals surface area contributed by atoms with Crippen LogP contribution >= 0.6 is 0 Å². The Morgan fingerprint density at radius 1 is 1.16 bits per heavy atom. The van der Waals surface area contributed by atoms with Crippen LogP contribution in [0.4, 0.5) is 11.4 Å². The van der Waals surface area contributed by atoms with Gasteiger partial charge in [-0.05, 0) is 24.3 Å². The van der Waals surface area contributed by atoms with Gasteiger partial charge < -0.3 is 19.6 Å². The summed E-state index contributed by atoms with van der Waals surface area (Å²) in [6, 6.07) is 9.67. The van der Waals surface area contributed by atoms with Crippen LogP contribution in [0, 0.1) is 11.8 Å². The van der Waals surface area contributed by atoms with Crippen LogP contribution in [-0.2, 0) is 0 Å². The Morgan fingerprint density at radius 3 is 2.58 bits per heavy atom. The first-order chi connectivity index (χ1) is 14.9. The van der Waals surface area contributed by atoms with E-state index in [1.165, 1.54) is 6.42 Å². The lowest BCUT2D eigenvalue weighted by Gasteiger charge is -2.35. The summed E-state index contributed by atoms with van der Waals surface area (Å²) in [6.07, 6.45) is 1.31. The van der Waals surface area contributed by atoms with E-state index in [1.807, 2.05) is 49.3 Å². The van der Waals surface area contributed by atoms with Crippen LogP contribution in [0.1, 0.15) is 36.2 Å². The Balaban J connectivity index is 1.52. The molecule has 2 unspecified atom stereocenters. The van der Waals surface area contributed by atoms with Crippen LogP contribution in [0.2, 0.25) is 0 Å². The molecule has 0 amide bonds. The molecule has 0 saturated carbocycles. The van der Waals surface area contributed by atoms with Crippen molar-refractivity contribution in [1.82, 2.24) is 10.1 Å². The Labute approximate surface area is 183 Å². The van der Waals surface area contributed by atoms with Crippen molar-refractivity contribution in [1.29, 1.82) is 0 Å². The van der Waals surface area contributed by atoms with E-state index in [1.54, 1.807) is 0 Å². The highest BCUT2D eigenvalue weighted by molar-refractivity contribution is 6.28. The van der Waals surface area contributed by atoms with Crippen molar-refractivity contribution in [2.45, 2.75) is 20.3 Å². The lowest BCUT2D eigenvalue weighted by Crippen LogP contribution is -2.41. The number of ketones is 1. The average Bonchev–Trinajstić information content (AvgIpc) is 3.16. The highest BCUT2D eigenvalue weighted by atomic mass is 16.5. The first-order valence-electron chi connectivity index (χ1n) is 11.2. The number of nitrogens with zero attached hydrogens (tertiary/aromatic N) is 3. The van der Waals surface area contributed by atoms with Crippen LogP contribution in [0.5, 0.6) is 0 Å². The maximum Gasteiger partial charge on any atom is 0.196 e. The molecular weight excluding hydrogens is 388 g/mol. The molecule has 2 heterocycles. The minimum absolute atomic E-state index is 0.0318. The summed E-state index contributed by atoms with van der Waals surface area (Å²) in [5, 5.41) is 8.75. The molecule has 2 aromatic carbocycles. The summed E-state index contributed by atoms with van der Waals surface area (Å²) in [5.74, 6) is 2.19. The number of fused-ring (bicyclic) bond motifs is 2. The molecule has 2 atom stereocenters. The quantitative estimate of drug-likeness (QED) is 0.515. The molecule has 1 aliphatic heterocycles. The summed E-state index contributed by atoms with van der Waals surface area (Å²) < 4.78 is 5.78. The molecule has 2 aliphatic rings. The lowest BCUT2D eigenvalue weighted by atomic mass is 9.86. The molecule has 1 N–H and O–H groups in total. The number of piperidine rings is 1. The fourth-order valence-electron chi connectivity index (χ4n) is 5.35. The third-order valence-corrected chi connectivity index (χ3v) is 6.55. The van der Waals surface area contributed by atoms with Crippen molar-refractivity contribution in [3.8, 4) is 11.3 Å². The zero-order valence-electron chi connectivity index (χ0n) is 18.7. The van der Waals surface area contributed by atoms with Gasteiger partial charge in [-0.3, -0.25) is 4.79 Å². The van der Waals surface area contributed by atoms with E-state index in [0.29, 0.717) is 16.9 Å². The van der Waals surface area contributed by atoms with Crippen molar-refractivity contribution in [2.24, 2.45) is 11.8 Å². The molecule has 3 aromatic rings. The fourth-order valence-corrected chi connectivity index (χ4v) is 5.35. The van der Waals surface area contributed by atoms with Crippen LogP contribution in [0.25, 0.3) is 22.2 Å². The standard InChI is InChI=1S/C25H30N4O2/c1-15-11-16(2)14-29(13-15)10-9-26-19-12-20(28(3)4)23-22-21(19)24(30)17-7-5-6-8-18(17)25(22)31-27-23/h5-8,12,15-16,26H,9-11,13-14H2,1-4H3. The predicted octanol–water partition coefficient (Wildman–Crippen LogP) is 4.50. The summed E-state index contributed by atoms with van der Waals surface area (Å²) in [7, 11) is 3.98. The number of anilines is 2. The summed E-state index contributed by atoms with van der Waals surface area (Å²) in [5.41, 5.74) is 4.72. The number of likely N-dealkylation sites (tertiary alicyclic amines) is 1. The number of benzene rings is 2. The zero-order chi connectivity index (χ0) is 21.7. The van der Waals surface area contributed by atoms with Crippen molar-refractivity contribution >= 4 is 28.1 Å². The topological polar surface area (TPSA) is 61.6 Å². The first kappa shape index (κ1) is 20.1. The van der Waals surface area contributed by atoms with Gasteiger partial charge in [-0.25, -0.2) is 0 Å². The summed E-state index contributed by atoms with van der Waals surface area (Å²) in [4.78, 5) is 18.1. The van der Waals surface area contributed by atoms with Gasteiger partial charge >= 0.3 is 0 Å². The van der Waals surface area contributed by atoms with E-state index < -0.39 is 0 Å². The minimum Gasteiger partial charge on any atom is -0.383 e. The molecule has 0 spiro atoms. The Hall–Kier alpha value is -2.86. The van der Waals surface area contributed by atoms with Crippen molar-refractivity contribution in [2.75, 3.05) is 50.5 Å². The zero-order valence-corrected chi connectivity index (χ0v) is 18.7. The molecular formula is C25H30N4O2. The van der Waals surface area contributed by atoms with Gasteiger partial charge in [0.2, 0.25) is 0 Å². The second-order valence-electron chi connectivity index (χ2n) is 9.46. The second-order valence-corrected chi connectivity index (χ2v) is 9.46. The molecule has 1 aliphatic carbocycles. The van der Waals surface area contributed by atoms with Crippen LogP contribution in [0.3, 0.4) is 0 Å². The molecule has 6 heteroatoms. The fraction of sp³-hybridized carbons (Fsp3) is 0.440. The van der Waals surface area contributed by atoms with Gasteiger partial charge in [-0.2, -0.15) is 0 Å². The van der Waals surface area contributed by atoms with E-state index in [-0.39, 0.29) is 5.78 Å². The number of carbonyl (C=O) groups is 1. The number of rotatable bonds is 5. The summed E-state index contributed by atoms with van der Waals surface area (Å²) >= 11 is 0. The van der Waals surface area contributed by atoms with Gasteiger partial charge in [0.15, 0.2) is 11.5 Å². The van der Waals surface area contributed by atoms with Gasteiger partial charge in [-0.1, -0.05) is 43.3 Å². The SMILES string of the molecule is CC1CC(C)CN(CCNc2cc(N(C)C)c3noc4c3c2C(=O)c2ccccc2-4)C1. The molecule has 162 valence electrons. The minimum atomic E-state index is 0.0318. The van der Waals surface area contributed by atoms with Crippen molar-refractivity contribution in [3.05, 3.63) is 41.5 Å². The number of hydrogen-bond acceptors (Lipinski definition) is 6. The predicted molar refractivity (Wildman–Crippen MR) is 125 cm³/mol. The first-order valence-corrected chi connectivity index (χ1v) is 11.2. The van der Waals surface area contributed by atoms with E-state index in [9.17, 15) is 4.79 Å². The monoisotopic (exact) mass is 418 g/mol. The normalized spacial score (nSPS) is 20.7. The molecule has 0 bridgehead atoms. The van der Waals surface area contributed by atoms with Gasteiger partial charge in [0.1, 0.15) is 5.52 Å². The average molecular weight is 419 g/mol. The van der Waals surface area contributed by atoms with E-state index in [0.717, 1.165) is 65.9 Å². The molecule has 6 nitrogen and oxygen atoms in total. The van der Waals surface area contributed by atoms with Gasteiger partial charge in [0.25, 0.3) is 0 Å². The number of carbonyl (C=O) groups excluding carboxylic acids is 1. The highest BCUT2D eigenvalue weighted by Crippen LogP contribution is 2.45. The van der Waals surface area contributed by atoms with Gasteiger partial charge in [-0.15, -0.1) is 0 Å². The highest BCUT2D eigenvalue weighted by Gasteiger charge is 2.33. The number of hydrogen-bond donors (Lipinski definition) is 1. The number of aromatic nitrogens is 1. The van der Waals surface area contributed by atoms with Crippen molar-refractivity contribution in [3.63, 3.8) is 0 Å². The second kappa shape index (κ2) is 7.68. The smallest absolute Gasteiger partial charge is 0.196 e. The maximum atomic E-state index is 13.5. The molecule has 0 radical (unpaired) electrons. The Kier molecular flexibility index (Phi) is 4.97. The third-order valence-electron chi connectivity index (χ3n) is 6.55. The number of nitrogens with one attached hydrogen (secondary N) is 1.